The number of carbonyl (C=O) groups is 1. The van der Waals surface area contributed by atoms with Crippen LogP contribution in [0.25, 0.3) is 0 Å². The summed E-state index contributed by atoms with van der Waals surface area (Å²) in [6.45, 7) is 4.51. The van der Waals surface area contributed by atoms with Crippen LogP contribution in [0.2, 0.25) is 0 Å². The number of amidine groups is 1. The SMILES string of the molecule is Cc1cc(C)cc(OCCOC(=O)CCN=C2NS(=O)(=O)c3ccccc32)c1. The molecule has 0 radical (unpaired) electrons. The van der Waals surface area contributed by atoms with Crippen LogP contribution in [-0.4, -0.2) is 40.0 Å². The maximum absolute atomic E-state index is 12.0. The van der Waals surface area contributed by atoms with E-state index in [0.29, 0.717) is 5.56 Å². The van der Waals surface area contributed by atoms with Crippen molar-refractivity contribution in [3.63, 3.8) is 0 Å². The molecule has 0 amide bonds. The van der Waals surface area contributed by atoms with Crippen molar-refractivity contribution in [1.82, 2.24) is 4.72 Å². The van der Waals surface area contributed by atoms with Crippen molar-refractivity contribution in [3.8, 4) is 5.75 Å². The molecule has 1 N–H and O–H groups in total. The number of rotatable bonds is 7. The van der Waals surface area contributed by atoms with Gasteiger partial charge in [0.05, 0.1) is 17.9 Å². The Hall–Kier alpha value is -2.87. The molecular weight excluding hydrogens is 380 g/mol. The van der Waals surface area contributed by atoms with Crippen LogP contribution in [0.1, 0.15) is 23.1 Å². The molecule has 0 bridgehead atoms. The first-order valence-electron chi connectivity index (χ1n) is 8.88. The Labute approximate surface area is 164 Å². The van der Waals surface area contributed by atoms with E-state index in [1.165, 1.54) is 6.07 Å². The second kappa shape index (κ2) is 8.43. The molecule has 0 aliphatic carbocycles. The van der Waals surface area contributed by atoms with E-state index in [0.717, 1.165) is 16.9 Å². The Kier molecular flexibility index (Phi) is 5.99. The molecule has 0 saturated heterocycles. The predicted octanol–water partition coefficient (Wildman–Crippen LogP) is 2.35. The fourth-order valence-electron chi connectivity index (χ4n) is 2.91. The molecule has 3 rings (SSSR count). The third-order valence-corrected chi connectivity index (χ3v) is 5.46. The van der Waals surface area contributed by atoms with Gasteiger partial charge in [-0.25, -0.2) is 8.42 Å². The number of hydrogen-bond acceptors (Lipinski definition) is 6. The Morgan fingerprint density at radius 2 is 1.79 bits per heavy atom. The van der Waals surface area contributed by atoms with Gasteiger partial charge in [-0.1, -0.05) is 18.2 Å². The van der Waals surface area contributed by atoms with Gasteiger partial charge < -0.3 is 9.47 Å². The zero-order valence-corrected chi connectivity index (χ0v) is 16.6. The number of hydrogen-bond donors (Lipinski definition) is 1. The van der Waals surface area contributed by atoms with Crippen LogP contribution in [0.4, 0.5) is 0 Å². The minimum absolute atomic E-state index is 0.0525. The van der Waals surface area contributed by atoms with E-state index < -0.39 is 16.0 Å². The average Bonchev–Trinajstić information content (AvgIpc) is 2.89. The summed E-state index contributed by atoms with van der Waals surface area (Å²) >= 11 is 0. The summed E-state index contributed by atoms with van der Waals surface area (Å²) in [6.07, 6.45) is 0.0525. The highest BCUT2D eigenvalue weighted by molar-refractivity contribution is 7.90. The molecule has 148 valence electrons. The van der Waals surface area contributed by atoms with Crippen LogP contribution in [0.5, 0.6) is 5.75 Å². The number of carbonyl (C=O) groups excluding carboxylic acids is 1. The molecule has 0 fully saturated rings. The molecule has 0 atom stereocenters. The van der Waals surface area contributed by atoms with Crippen molar-refractivity contribution >= 4 is 21.8 Å². The molecule has 0 unspecified atom stereocenters. The van der Waals surface area contributed by atoms with E-state index >= 15 is 0 Å². The van der Waals surface area contributed by atoms with Crippen molar-refractivity contribution < 1.29 is 22.7 Å². The Morgan fingerprint density at radius 3 is 2.54 bits per heavy atom. The topological polar surface area (TPSA) is 94.1 Å². The van der Waals surface area contributed by atoms with E-state index in [4.69, 9.17) is 9.47 Å². The van der Waals surface area contributed by atoms with Gasteiger partial charge in [-0.3, -0.25) is 14.5 Å². The first-order valence-corrected chi connectivity index (χ1v) is 10.4. The molecule has 8 heteroatoms. The molecule has 2 aromatic carbocycles. The first-order chi connectivity index (χ1) is 13.3. The maximum atomic E-state index is 12.0. The summed E-state index contributed by atoms with van der Waals surface area (Å²) in [5.41, 5.74) is 2.73. The predicted molar refractivity (Wildman–Crippen MR) is 105 cm³/mol. The summed E-state index contributed by atoms with van der Waals surface area (Å²) in [6, 6.07) is 12.5. The first kappa shape index (κ1) is 19.9. The summed E-state index contributed by atoms with van der Waals surface area (Å²) < 4.78 is 37.1. The summed E-state index contributed by atoms with van der Waals surface area (Å²) in [5.74, 6) is 0.580. The van der Waals surface area contributed by atoms with Crippen LogP contribution in [0.3, 0.4) is 0 Å². The Balaban J connectivity index is 1.43. The number of aliphatic imine (C=N–C) groups is 1. The molecule has 1 heterocycles. The lowest BCUT2D eigenvalue weighted by molar-refractivity contribution is -0.144. The number of aryl methyl sites for hydroxylation is 2. The molecule has 1 aliphatic heterocycles. The number of sulfonamides is 1. The standard InChI is InChI=1S/C20H22N2O5S/c1-14-11-15(2)13-16(12-14)26-9-10-27-19(23)7-8-21-20-17-5-3-4-6-18(17)28(24,25)22-20/h3-6,11-13H,7-10H2,1-2H3,(H,21,22). The van der Waals surface area contributed by atoms with Gasteiger partial charge in [0.15, 0.2) is 0 Å². The molecule has 2 aromatic rings. The highest BCUT2D eigenvalue weighted by atomic mass is 32.2. The fourth-order valence-corrected chi connectivity index (χ4v) is 4.16. The van der Waals surface area contributed by atoms with Crippen molar-refractivity contribution in [2.75, 3.05) is 19.8 Å². The second-order valence-electron chi connectivity index (χ2n) is 6.47. The number of benzene rings is 2. The molecule has 28 heavy (non-hydrogen) atoms. The van der Waals surface area contributed by atoms with Gasteiger partial charge in [-0.2, -0.15) is 0 Å². The zero-order valence-electron chi connectivity index (χ0n) is 15.8. The molecule has 0 aromatic heterocycles. The fraction of sp³-hybridized carbons (Fsp3) is 0.300. The lowest BCUT2D eigenvalue weighted by Gasteiger charge is -2.09. The second-order valence-corrected chi connectivity index (χ2v) is 8.13. The lowest BCUT2D eigenvalue weighted by atomic mass is 10.1. The smallest absolute Gasteiger partial charge is 0.307 e. The molecular formula is C20H22N2O5S. The third-order valence-electron chi connectivity index (χ3n) is 4.06. The van der Waals surface area contributed by atoms with Gasteiger partial charge >= 0.3 is 5.97 Å². The molecule has 0 spiro atoms. The summed E-state index contributed by atoms with van der Waals surface area (Å²) in [7, 11) is -3.57. The van der Waals surface area contributed by atoms with Gasteiger partial charge in [0.1, 0.15) is 24.8 Å². The van der Waals surface area contributed by atoms with Crippen molar-refractivity contribution in [2.24, 2.45) is 4.99 Å². The van der Waals surface area contributed by atoms with E-state index in [1.807, 2.05) is 26.0 Å². The van der Waals surface area contributed by atoms with E-state index in [9.17, 15) is 13.2 Å². The summed E-state index contributed by atoms with van der Waals surface area (Å²) in [5, 5.41) is 0. The Bertz CT molecular complexity index is 995. The number of nitrogens with zero attached hydrogens (tertiary/aromatic N) is 1. The van der Waals surface area contributed by atoms with E-state index in [2.05, 4.69) is 15.8 Å². The van der Waals surface area contributed by atoms with Crippen molar-refractivity contribution in [2.45, 2.75) is 25.2 Å². The zero-order chi connectivity index (χ0) is 20.1. The van der Waals surface area contributed by atoms with Crippen LogP contribution >= 0.6 is 0 Å². The highest BCUT2D eigenvalue weighted by Gasteiger charge is 2.29. The van der Waals surface area contributed by atoms with Crippen molar-refractivity contribution in [1.29, 1.82) is 0 Å². The number of esters is 1. The van der Waals surface area contributed by atoms with Crippen LogP contribution < -0.4 is 9.46 Å². The largest absolute Gasteiger partial charge is 0.490 e. The number of nitrogens with one attached hydrogen (secondary N) is 1. The van der Waals surface area contributed by atoms with Gasteiger partial charge in [0, 0.05) is 5.56 Å². The Morgan fingerprint density at radius 1 is 1.07 bits per heavy atom. The van der Waals surface area contributed by atoms with E-state index in [-0.39, 0.29) is 36.9 Å². The van der Waals surface area contributed by atoms with E-state index in [1.54, 1.807) is 18.2 Å². The normalized spacial score (nSPS) is 15.7. The van der Waals surface area contributed by atoms with Gasteiger partial charge in [-0.05, 0) is 49.2 Å². The van der Waals surface area contributed by atoms with Crippen LogP contribution in [0, 0.1) is 13.8 Å². The van der Waals surface area contributed by atoms with Crippen LogP contribution in [-0.2, 0) is 19.6 Å². The minimum atomic E-state index is -3.57. The molecule has 0 saturated carbocycles. The maximum Gasteiger partial charge on any atom is 0.307 e. The molecule has 7 nitrogen and oxygen atoms in total. The van der Waals surface area contributed by atoms with Gasteiger partial charge in [-0.15, -0.1) is 0 Å². The van der Waals surface area contributed by atoms with Crippen molar-refractivity contribution in [3.05, 3.63) is 59.2 Å². The third kappa shape index (κ3) is 4.89. The lowest BCUT2D eigenvalue weighted by Crippen LogP contribution is -2.22. The minimum Gasteiger partial charge on any atom is -0.490 e. The monoisotopic (exact) mass is 402 g/mol. The quantitative estimate of drug-likeness (QED) is 0.567. The van der Waals surface area contributed by atoms with Crippen LogP contribution in [0.15, 0.2) is 52.4 Å². The molecule has 1 aliphatic rings. The number of fused-ring (bicyclic) bond motifs is 1. The summed E-state index contributed by atoms with van der Waals surface area (Å²) in [4.78, 5) is 16.2. The van der Waals surface area contributed by atoms with Gasteiger partial charge in [0.2, 0.25) is 0 Å². The average molecular weight is 402 g/mol. The van der Waals surface area contributed by atoms with Gasteiger partial charge in [0.25, 0.3) is 10.0 Å². The highest BCUT2D eigenvalue weighted by Crippen LogP contribution is 2.22. The number of ether oxygens (including phenoxy) is 2.